The van der Waals surface area contributed by atoms with Gasteiger partial charge in [0.25, 0.3) is 0 Å². The fourth-order valence-corrected chi connectivity index (χ4v) is 1.99. The van der Waals surface area contributed by atoms with Crippen LogP contribution in [0.5, 0.6) is 11.6 Å². The zero-order chi connectivity index (χ0) is 13.8. The summed E-state index contributed by atoms with van der Waals surface area (Å²) in [5.41, 5.74) is 9.23. The minimum absolute atomic E-state index is 0.146. The van der Waals surface area contributed by atoms with E-state index in [0.717, 1.165) is 23.3 Å². The van der Waals surface area contributed by atoms with E-state index in [1.54, 1.807) is 0 Å². The third-order valence-electron chi connectivity index (χ3n) is 2.90. The Bertz CT molecular complexity index is 547. The van der Waals surface area contributed by atoms with E-state index in [9.17, 15) is 0 Å². The lowest BCUT2D eigenvalue weighted by atomic mass is 10.1. The van der Waals surface area contributed by atoms with E-state index in [0.29, 0.717) is 5.88 Å². The smallest absolute Gasteiger partial charge is 0.219 e. The summed E-state index contributed by atoms with van der Waals surface area (Å²) in [7, 11) is 0. The summed E-state index contributed by atoms with van der Waals surface area (Å²) in [6.45, 7) is 6.09. The molecule has 3 heteroatoms. The molecule has 1 aromatic heterocycles. The number of nitrogens with zero attached hydrogens (tertiary/aromatic N) is 1. The summed E-state index contributed by atoms with van der Waals surface area (Å²) in [4.78, 5) is 4.31. The molecule has 0 aliphatic rings. The summed E-state index contributed by atoms with van der Waals surface area (Å²) in [5, 5.41) is 0. The van der Waals surface area contributed by atoms with Gasteiger partial charge in [-0.3, -0.25) is 0 Å². The molecular weight excluding hydrogens is 236 g/mol. The van der Waals surface area contributed by atoms with Crippen LogP contribution in [-0.4, -0.2) is 11.0 Å². The molecule has 1 unspecified atom stereocenters. The van der Waals surface area contributed by atoms with Crippen molar-refractivity contribution < 1.29 is 4.74 Å². The van der Waals surface area contributed by atoms with Gasteiger partial charge in [-0.1, -0.05) is 23.8 Å². The number of hydrogen-bond acceptors (Lipinski definition) is 3. The summed E-state index contributed by atoms with van der Waals surface area (Å²) in [5.74, 6) is 1.46. The third kappa shape index (κ3) is 3.80. The molecule has 1 aromatic carbocycles. The Hall–Kier alpha value is -1.87. The van der Waals surface area contributed by atoms with Gasteiger partial charge in [0.15, 0.2) is 0 Å². The largest absolute Gasteiger partial charge is 0.439 e. The van der Waals surface area contributed by atoms with Gasteiger partial charge in [0.1, 0.15) is 5.75 Å². The standard InChI is InChI=1S/C16H20N2O/c1-11-4-6-15(12(2)8-11)19-16-7-5-14(10-18-16)9-13(3)17/h4-8,10,13H,9,17H2,1-3H3. The molecule has 0 bridgehead atoms. The highest BCUT2D eigenvalue weighted by Gasteiger charge is 2.04. The molecule has 0 amide bonds. The van der Waals surface area contributed by atoms with E-state index in [4.69, 9.17) is 10.5 Å². The van der Waals surface area contributed by atoms with Crippen LogP contribution in [0.4, 0.5) is 0 Å². The lowest BCUT2D eigenvalue weighted by Gasteiger charge is -2.09. The second kappa shape index (κ2) is 5.85. The maximum atomic E-state index is 5.78. The van der Waals surface area contributed by atoms with Crippen LogP contribution in [0.2, 0.25) is 0 Å². The van der Waals surface area contributed by atoms with Crippen LogP contribution in [-0.2, 0) is 6.42 Å². The maximum absolute atomic E-state index is 5.78. The fraction of sp³-hybridized carbons (Fsp3) is 0.312. The topological polar surface area (TPSA) is 48.1 Å². The molecule has 2 N–H and O–H groups in total. The molecule has 2 rings (SSSR count). The van der Waals surface area contributed by atoms with Crippen molar-refractivity contribution in [2.24, 2.45) is 5.73 Å². The van der Waals surface area contributed by atoms with E-state index in [1.165, 1.54) is 5.56 Å². The van der Waals surface area contributed by atoms with E-state index < -0.39 is 0 Å². The van der Waals surface area contributed by atoms with Crippen molar-refractivity contribution in [3.8, 4) is 11.6 Å². The second-order valence-corrected chi connectivity index (χ2v) is 5.06. The average Bonchev–Trinajstić information content (AvgIpc) is 2.34. The van der Waals surface area contributed by atoms with Crippen molar-refractivity contribution in [1.29, 1.82) is 0 Å². The van der Waals surface area contributed by atoms with Crippen LogP contribution in [0, 0.1) is 13.8 Å². The Morgan fingerprint density at radius 3 is 2.58 bits per heavy atom. The zero-order valence-electron chi connectivity index (χ0n) is 11.7. The molecule has 0 aliphatic heterocycles. The first-order valence-electron chi connectivity index (χ1n) is 6.50. The second-order valence-electron chi connectivity index (χ2n) is 5.06. The van der Waals surface area contributed by atoms with Crippen molar-refractivity contribution in [1.82, 2.24) is 4.98 Å². The van der Waals surface area contributed by atoms with E-state index in [2.05, 4.69) is 18.0 Å². The highest BCUT2D eigenvalue weighted by molar-refractivity contribution is 5.38. The first-order chi connectivity index (χ1) is 9.04. The summed E-state index contributed by atoms with van der Waals surface area (Å²) in [6.07, 6.45) is 2.65. The van der Waals surface area contributed by atoms with Gasteiger partial charge < -0.3 is 10.5 Å². The summed E-state index contributed by atoms with van der Waals surface area (Å²) < 4.78 is 5.78. The highest BCUT2D eigenvalue weighted by atomic mass is 16.5. The van der Waals surface area contributed by atoms with Gasteiger partial charge in [0, 0.05) is 18.3 Å². The molecule has 19 heavy (non-hydrogen) atoms. The Labute approximate surface area is 114 Å². The minimum Gasteiger partial charge on any atom is -0.439 e. The number of rotatable bonds is 4. The molecule has 0 radical (unpaired) electrons. The average molecular weight is 256 g/mol. The van der Waals surface area contributed by atoms with Crippen molar-refractivity contribution in [2.75, 3.05) is 0 Å². The fourth-order valence-electron chi connectivity index (χ4n) is 1.99. The number of nitrogens with two attached hydrogens (primary N) is 1. The summed E-state index contributed by atoms with van der Waals surface area (Å²) >= 11 is 0. The van der Waals surface area contributed by atoms with Crippen molar-refractivity contribution in [3.63, 3.8) is 0 Å². The predicted octanol–water partition coefficient (Wildman–Crippen LogP) is 3.38. The van der Waals surface area contributed by atoms with Gasteiger partial charge in [-0.25, -0.2) is 4.98 Å². The van der Waals surface area contributed by atoms with Crippen molar-refractivity contribution in [3.05, 3.63) is 53.2 Å². The molecular formula is C16H20N2O. The monoisotopic (exact) mass is 256 g/mol. The minimum atomic E-state index is 0.146. The SMILES string of the molecule is Cc1ccc(Oc2ccc(CC(C)N)cn2)c(C)c1. The molecule has 1 heterocycles. The molecule has 0 saturated heterocycles. The molecule has 100 valence electrons. The number of ether oxygens (including phenoxy) is 1. The molecule has 0 aliphatic carbocycles. The van der Waals surface area contributed by atoms with E-state index in [1.807, 2.05) is 44.3 Å². The number of benzene rings is 1. The van der Waals surface area contributed by atoms with Gasteiger partial charge in [-0.15, -0.1) is 0 Å². The van der Waals surface area contributed by atoms with Crippen LogP contribution in [0.25, 0.3) is 0 Å². The third-order valence-corrected chi connectivity index (χ3v) is 2.90. The van der Waals surface area contributed by atoms with Crippen LogP contribution in [0.3, 0.4) is 0 Å². The maximum Gasteiger partial charge on any atom is 0.219 e. The summed E-state index contributed by atoms with van der Waals surface area (Å²) in [6, 6.07) is 10.1. The molecule has 0 saturated carbocycles. The first-order valence-corrected chi connectivity index (χ1v) is 6.50. The number of aromatic nitrogens is 1. The molecule has 1 atom stereocenters. The van der Waals surface area contributed by atoms with Crippen LogP contribution in [0.15, 0.2) is 36.5 Å². The van der Waals surface area contributed by atoms with Gasteiger partial charge in [-0.2, -0.15) is 0 Å². The van der Waals surface area contributed by atoms with Crippen LogP contribution in [0.1, 0.15) is 23.6 Å². The quantitative estimate of drug-likeness (QED) is 0.912. The Morgan fingerprint density at radius 2 is 2.00 bits per heavy atom. The van der Waals surface area contributed by atoms with E-state index >= 15 is 0 Å². The molecule has 0 fully saturated rings. The lowest BCUT2D eigenvalue weighted by Crippen LogP contribution is -2.17. The lowest BCUT2D eigenvalue weighted by molar-refractivity contribution is 0.459. The Kier molecular flexibility index (Phi) is 4.17. The number of hydrogen-bond donors (Lipinski definition) is 1. The van der Waals surface area contributed by atoms with Gasteiger partial charge in [0.05, 0.1) is 0 Å². The van der Waals surface area contributed by atoms with Gasteiger partial charge in [0.2, 0.25) is 5.88 Å². The zero-order valence-corrected chi connectivity index (χ0v) is 11.7. The molecule has 0 spiro atoms. The van der Waals surface area contributed by atoms with Crippen molar-refractivity contribution in [2.45, 2.75) is 33.2 Å². The Balaban J connectivity index is 2.10. The normalized spacial score (nSPS) is 12.2. The van der Waals surface area contributed by atoms with E-state index in [-0.39, 0.29) is 6.04 Å². The number of aryl methyl sites for hydroxylation is 2. The molecule has 3 nitrogen and oxygen atoms in total. The highest BCUT2D eigenvalue weighted by Crippen LogP contribution is 2.24. The Morgan fingerprint density at radius 1 is 1.21 bits per heavy atom. The first kappa shape index (κ1) is 13.6. The van der Waals surface area contributed by atoms with Crippen LogP contribution < -0.4 is 10.5 Å². The van der Waals surface area contributed by atoms with Crippen LogP contribution >= 0.6 is 0 Å². The van der Waals surface area contributed by atoms with Gasteiger partial charge in [-0.05, 0) is 44.4 Å². The number of pyridine rings is 1. The molecule has 2 aromatic rings. The predicted molar refractivity (Wildman–Crippen MR) is 77.6 cm³/mol. The van der Waals surface area contributed by atoms with Crippen molar-refractivity contribution >= 4 is 0 Å². The van der Waals surface area contributed by atoms with Gasteiger partial charge >= 0.3 is 0 Å².